The fourth-order valence-electron chi connectivity index (χ4n) is 3.00. The van der Waals surface area contributed by atoms with Gasteiger partial charge < -0.3 is 11.5 Å². The van der Waals surface area contributed by atoms with E-state index in [1.54, 1.807) is 0 Å². The number of benzene rings is 4. The molecular formula is C18H12Br2N2. The van der Waals surface area contributed by atoms with Gasteiger partial charge in [0, 0.05) is 20.3 Å². The van der Waals surface area contributed by atoms with E-state index in [9.17, 15) is 0 Å². The number of anilines is 2. The minimum atomic E-state index is 0.753. The van der Waals surface area contributed by atoms with Crippen LogP contribution < -0.4 is 11.5 Å². The van der Waals surface area contributed by atoms with E-state index >= 15 is 0 Å². The van der Waals surface area contributed by atoms with Gasteiger partial charge in [-0.3, -0.25) is 0 Å². The first kappa shape index (κ1) is 13.9. The van der Waals surface area contributed by atoms with E-state index in [1.165, 1.54) is 21.5 Å². The van der Waals surface area contributed by atoms with Crippen molar-refractivity contribution in [3.63, 3.8) is 0 Å². The second-order valence-corrected chi connectivity index (χ2v) is 6.94. The molecule has 0 spiro atoms. The van der Waals surface area contributed by atoms with Crippen LogP contribution in [0.25, 0.3) is 32.3 Å². The number of hydrogen-bond acceptors (Lipinski definition) is 2. The molecule has 4 aromatic rings. The highest BCUT2D eigenvalue weighted by atomic mass is 79.9. The molecule has 4 aromatic carbocycles. The maximum Gasteiger partial charge on any atom is 0.0483 e. The number of rotatable bonds is 0. The van der Waals surface area contributed by atoms with Crippen LogP contribution >= 0.6 is 31.9 Å². The third-order valence-electron chi connectivity index (χ3n) is 4.12. The molecule has 0 saturated heterocycles. The predicted octanol–water partition coefficient (Wildman–Crippen LogP) is 5.84. The molecule has 0 amide bonds. The minimum absolute atomic E-state index is 0.753. The van der Waals surface area contributed by atoms with Gasteiger partial charge in [-0.05, 0) is 76.3 Å². The van der Waals surface area contributed by atoms with E-state index in [-0.39, 0.29) is 0 Å². The van der Waals surface area contributed by atoms with Crippen molar-refractivity contribution in [3.8, 4) is 0 Å². The van der Waals surface area contributed by atoms with Gasteiger partial charge in [0.15, 0.2) is 0 Å². The molecule has 0 aliphatic heterocycles. The number of nitrogens with two attached hydrogens (primary N) is 2. The van der Waals surface area contributed by atoms with E-state index in [1.807, 2.05) is 12.1 Å². The van der Waals surface area contributed by atoms with Gasteiger partial charge in [0.2, 0.25) is 0 Å². The molecule has 4 rings (SSSR count). The molecule has 4 heteroatoms. The van der Waals surface area contributed by atoms with Crippen molar-refractivity contribution in [3.05, 3.63) is 57.5 Å². The molecule has 0 aliphatic carbocycles. The van der Waals surface area contributed by atoms with Crippen molar-refractivity contribution in [2.24, 2.45) is 0 Å². The summed E-state index contributed by atoms with van der Waals surface area (Å²) in [7, 11) is 0. The van der Waals surface area contributed by atoms with Gasteiger partial charge in [0.1, 0.15) is 0 Å². The molecule has 4 N–H and O–H groups in total. The van der Waals surface area contributed by atoms with Crippen LogP contribution in [0.3, 0.4) is 0 Å². The molecule has 0 heterocycles. The zero-order chi connectivity index (χ0) is 15.4. The van der Waals surface area contributed by atoms with Gasteiger partial charge in [-0.15, -0.1) is 0 Å². The Morgan fingerprint density at radius 3 is 1.14 bits per heavy atom. The molecule has 0 bridgehead atoms. The highest BCUT2D eigenvalue weighted by Gasteiger charge is 2.10. The van der Waals surface area contributed by atoms with Gasteiger partial charge in [0.05, 0.1) is 0 Å². The summed E-state index contributed by atoms with van der Waals surface area (Å²) in [5.74, 6) is 0. The molecule has 0 unspecified atom stereocenters. The zero-order valence-corrected chi connectivity index (χ0v) is 14.7. The summed E-state index contributed by atoms with van der Waals surface area (Å²) in [5, 5.41) is 7.05. The van der Waals surface area contributed by atoms with Crippen molar-refractivity contribution in [1.29, 1.82) is 0 Å². The van der Waals surface area contributed by atoms with Gasteiger partial charge in [-0.2, -0.15) is 0 Å². The first-order valence-electron chi connectivity index (χ1n) is 6.85. The van der Waals surface area contributed by atoms with E-state index in [4.69, 9.17) is 11.5 Å². The smallest absolute Gasteiger partial charge is 0.0483 e. The van der Waals surface area contributed by atoms with Crippen LogP contribution in [0.5, 0.6) is 0 Å². The normalized spacial score (nSPS) is 11.5. The van der Waals surface area contributed by atoms with Crippen molar-refractivity contribution in [2.45, 2.75) is 0 Å². The molecule has 0 aromatic heterocycles. The quantitative estimate of drug-likeness (QED) is 0.280. The van der Waals surface area contributed by atoms with E-state index in [0.29, 0.717) is 0 Å². The number of hydrogen-bond donors (Lipinski definition) is 2. The van der Waals surface area contributed by atoms with Crippen molar-refractivity contribution < 1.29 is 0 Å². The van der Waals surface area contributed by atoms with Crippen molar-refractivity contribution in [1.82, 2.24) is 0 Å². The topological polar surface area (TPSA) is 52.0 Å². The van der Waals surface area contributed by atoms with Gasteiger partial charge in [0.25, 0.3) is 0 Å². The predicted molar refractivity (Wildman–Crippen MR) is 103 cm³/mol. The molecule has 2 nitrogen and oxygen atoms in total. The molecule has 0 fully saturated rings. The molecule has 0 atom stereocenters. The Hall–Kier alpha value is -1.78. The molecule has 22 heavy (non-hydrogen) atoms. The maximum atomic E-state index is 5.99. The van der Waals surface area contributed by atoms with Gasteiger partial charge in [-0.1, -0.05) is 36.4 Å². The van der Waals surface area contributed by atoms with Crippen LogP contribution in [0.15, 0.2) is 57.5 Å². The van der Waals surface area contributed by atoms with Crippen LogP contribution in [0.1, 0.15) is 0 Å². The van der Waals surface area contributed by atoms with Crippen LogP contribution in [0.4, 0.5) is 11.4 Å². The number of fused-ring (bicyclic) bond motifs is 5. The average molecular weight is 416 g/mol. The Bertz CT molecular complexity index is 984. The molecule has 0 saturated carbocycles. The van der Waals surface area contributed by atoms with Crippen molar-refractivity contribution >= 4 is 75.6 Å². The Labute approximate surface area is 144 Å². The molecule has 0 radical (unpaired) electrons. The van der Waals surface area contributed by atoms with Crippen LogP contribution in [-0.4, -0.2) is 0 Å². The molecular weight excluding hydrogens is 404 g/mol. The van der Waals surface area contributed by atoms with E-state index in [0.717, 1.165) is 31.1 Å². The third kappa shape index (κ3) is 1.84. The zero-order valence-electron chi connectivity index (χ0n) is 11.5. The Morgan fingerprint density at radius 2 is 0.727 bits per heavy atom. The second-order valence-electron chi connectivity index (χ2n) is 5.35. The summed E-state index contributed by atoms with van der Waals surface area (Å²) in [6, 6.07) is 16.6. The molecule has 108 valence electrons. The average Bonchev–Trinajstić information content (AvgIpc) is 2.53. The lowest BCUT2D eigenvalue weighted by Crippen LogP contribution is -1.90. The standard InChI is InChI=1S/C18H12Br2N2/c19-17-13-3-1-9-10(12(13)6-8-15(17)21)2-4-14-11(9)5-7-16(22)18(14)20/h1-8H,21-22H2. The van der Waals surface area contributed by atoms with Crippen LogP contribution in [0, 0.1) is 0 Å². The lowest BCUT2D eigenvalue weighted by Gasteiger charge is -2.11. The summed E-state index contributed by atoms with van der Waals surface area (Å²) in [5.41, 5.74) is 13.5. The lowest BCUT2D eigenvalue weighted by molar-refractivity contribution is 1.69. The summed E-state index contributed by atoms with van der Waals surface area (Å²) in [6.45, 7) is 0. The molecule has 0 aliphatic rings. The highest BCUT2D eigenvalue weighted by molar-refractivity contribution is 9.11. The summed E-state index contributed by atoms with van der Waals surface area (Å²) in [4.78, 5) is 0. The second kappa shape index (κ2) is 4.86. The fourth-order valence-corrected chi connectivity index (χ4v) is 3.95. The van der Waals surface area contributed by atoms with E-state index < -0.39 is 0 Å². The first-order valence-corrected chi connectivity index (χ1v) is 8.43. The number of halogens is 2. The van der Waals surface area contributed by atoms with E-state index in [2.05, 4.69) is 68.3 Å². The van der Waals surface area contributed by atoms with Crippen LogP contribution in [0.2, 0.25) is 0 Å². The summed E-state index contributed by atoms with van der Waals surface area (Å²) in [6.07, 6.45) is 0. The Morgan fingerprint density at radius 1 is 0.455 bits per heavy atom. The van der Waals surface area contributed by atoms with Crippen LogP contribution in [-0.2, 0) is 0 Å². The summed E-state index contributed by atoms with van der Waals surface area (Å²) >= 11 is 7.18. The maximum absolute atomic E-state index is 5.99. The number of nitrogen functional groups attached to an aromatic ring is 2. The van der Waals surface area contributed by atoms with Gasteiger partial charge in [-0.25, -0.2) is 0 Å². The minimum Gasteiger partial charge on any atom is -0.398 e. The Kier molecular flexibility index (Phi) is 3.06. The lowest BCUT2D eigenvalue weighted by atomic mass is 9.96. The summed E-state index contributed by atoms with van der Waals surface area (Å²) < 4.78 is 1.90. The van der Waals surface area contributed by atoms with Crippen molar-refractivity contribution in [2.75, 3.05) is 11.5 Å². The fraction of sp³-hybridized carbons (Fsp3) is 0. The third-order valence-corrected chi connectivity index (χ3v) is 5.89. The monoisotopic (exact) mass is 414 g/mol. The largest absolute Gasteiger partial charge is 0.398 e. The Balaban J connectivity index is 2.23. The van der Waals surface area contributed by atoms with Gasteiger partial charge >= 0.3 is 0 Å². The highest BCUT2D eigenvalue weighted by Crippen LogP contribution is 2.39. The first-order chi connectivity index (χ1) is 10.6. The SMILES string of the molecule is Nc1ccc2c(ccc3c4ccc(N)c(Br)c4ccc23)c1Br.